The van der Waals surface area contributed by atoms with Crippen molar-refractivity contribution in [1.29, 1.82) is 0 Å². The molecular weight excluding hydrogens is 502 g/mol. The number of Topliss-reactive ketones (excluding diaryl/α,β-unsaturated/α-hetero) is 2. The zero-order valence-corrected chi connectivity index (χ0v) is 23.8. The average molecular weight is 542 g/mol. The van der Waals surface area contributed by atoms with E-state index in [9.17, 15) is 14.4 Å². The van der Waals surface area contributed by atoms with E-state index in [1.165, 1.54) is 26.2 Å². The highest BCUT2D eigenvalue weighted by atomic mass is 16.5. The van der Waals surface area contributed by atoms with Crippen molar-refractivity contribution in [3.05, 3.63) is 138 Å². The lowest BCUT2D eigenvalue weighted by Gasteiger charge is -2.19. The van der Waals surface area contributed by atoms with Gasteiger partial charge in [0.05, 0.1) is 12.2 Å². The predicted molar refractivity (Wildman–Crippen MR) is 163 cm³/mol. The van der Waals surface area contributed by atoms with Crippen LogP contribution in [0, 0.1) is 11.8 Å². The average Bonchev–Trinajstić information content (AvgIpc) is 3.13. The number of carbonyl (C=O) groups excluding carboxylic acids is 3. The van der Waals surface area contributed by atoms with E-state index in [0.29, 0.717) is 11.3 Å². The molecule has 1 aliphatic rings. The number of nitrogens with one attached hydrogen (secondary N) is 1. The second-order valence-corrected chi connectivity index (χ2v) is 9.01. The molecule has 0 aliphatic heterocycles. The molecule has 0 spiro atoms. The van der Waals surface area contributed by atoms with Crippen LogP contribution in [0.3, 0.4) is 0 Å². The van der Waals surface area contributed by atoms with Crippen LogP contribution in [0.4, 0.5) is 0 Å². The topological polar surface area (TPSA) is 104 Å². The number of esters is 1. The van der Waals surface area contributed by atoms with E-state index >= 15 is 0 Å². The summed E-state index contributed by atoms with van der Waals surface area (Å²) in [6.07, 6.45) is 24.8. The first-order chi connectivity index (χ1) is 18.7. The van der Waals surface area contributed by atoms with Crippen LogP contribution < -0.4 is 5.32 Å². The molecule has 1 aromatic carbocycles. The van der Waals surface area contributed by atoms with E-state index in [1.807, 2.05) is 61.6 Å². The molecule has 6 heteroatoms. The van der Waals surface area contributed by atoms with Crippen molar-refractivity contribution in [2.75, 3.05) is 0 Å². The van der Waals surface area contributed by atoms with Crippen LogP contribution >= 0.6 is 0 Å². The Morgan fingerprint density at radius 2 is 1.68 bits per heavy atom. The quantitative estimate of drug-likeness (QED) is 0.145. The van der Waals surface area contributed by atoms with E-state index in [2.05, 4.69) is 24.4 Å². The Bertz CT molecular complexity index is 1300. The van der Waals surface area contributed by atoms with E-state index in [1.54, 1.807) is 43.5 Å². The van der Waals surface area contributed by atoms with Crippen molar-refractivity contribution in [1.82, 2.24) is 5.32 Å². The highest BCUT2D eigenvalue weighted by Gasteiger charge is 2.25. The summed E-state index contributed by atoms with van der Waals surface area (Å²) in [6, 6.07) is 9.63. The van der Waals surface area contributed by atoms with Gasteiger partial charge in [-0.25, -0.2) is 4.79 Å². The van der Waals surface area contributed by atoms with Gasteiger partial charge in [0, 0.05) is 23.5 Å². The molecule has 2 rings (SSSR count). The number of ether oxygens (including phenoxy) is 1. The Balaban J connectivity index is 0.00000800. The second-order valence-electron chi connectivity index (χ2n) is 9.01. The third kappa shape index (κ3) is 11.1. The first-order valence-electron chi connectivity index (χ1n) is 12.9. The molecule has 1 aliphatic carbocycles. The number of benzene rings is 1. The van der Waals surface area contributed by atoms with Crippen LogP contribution in [-0.4, -0.2) is 23.0 Å². The van der Waals surface area contributed by atoms with Gasteiger partial charge in [-0.3, -0.25) is 9.59 Å². The SMILES string of the molecule is C/C=C/C(=O)O/C=C/C=C/C=C/N/C(=C/C(C(C)=O)/C(C(C)=O)=C(\C)C1=CC=CC(C)C=C1)c1ccccc1.O. The Labute approximate surface area is 237 Å². The number of carbonyl (C=O) groups is 3. The number of rotatable bonds is 12. The van der Waals surface area contributed by atoms with E-state index in [-0.39, 0.29) is 23.0 Å². The molecule has 2 atom stereocenters. The van der Waals surface area contributed by atoms with Gasteiger partial charge in [0.25, 0.3) is 0 Å². The van der Waals surface area contributed by atoms with Crippen LogP contribution in [0.1, 0.15) is 40.2 Å². The van der Waals surface area contributed by atoms with Crippen molar-refractivity contribution in [2.45, 2.75) is 34.6 Å². The second kappa shape index (κ2) is 17.9. The summed E-state index contributed by atoms with van der Waals surface area (Å²) in [4.78, 5) is 37.2. The van der Waals surface area contributed by atoms with Gasteiger partial charge in [-0.05, 0) is 68.6 Å². The van der Waals surface area contributed by atoms with Gasteiger partial charge in [0.1, 0.15) is 5.78 Å². The number of hydrogen-bond donors (Lipinski definition) is 1. The maximum Gasteiger partial charge on any atom is 0.335 e. The van der Waals surface area contributed by atoms with Crippen molar-refractivity contribution >= 4 is 23.2 Å². The summed E-state index contributed by atoms with van der Waals surface area (Å²) < 4.78 is 4.89. The standard InChI is InChI=1S/C34H37NO4.H2O/c1-6-15-33(38)39-23-13-8-7-12-22-35-32(30-17-10-9-11-18-30)24-31(27(4)36)34(28(5)37)26(3)29-19-14-16-25(2)20-21-29;/h6-25,31,35H,1-5H3;1H2/b8-7+,15-6+,22-12+,23-13+,32-24+,34-26+;. The highest BCUT2D eigenvalue weighted by Crippen LogP contribution is 2.28. The van der Waals surface area contributed by atoms with Crippen molar-refractivity contribution in [3.8, 4) is 0 Å². The smallest absolute Gasteiger partial charge is 0.335 e. The summed E-state index contributed by atoms with van der Waals surface area (Å²) >= 11 is 0. The van der Waals surface area contributed by atoms with E-state index in [4.69, 9.17) is 4.74 Å². The van der Waals surface area contributed by atoms with Crippen LogP contribution in [0.5, 0.6) is 0 Å². The first kappa shape index (κ1) is 33.5. The zero-order valence-electron chi connectivity index (χ0n) is 23.8. The third-order valence-electron chi connectivity index (χ3n) is 5.89. The zero-order chi connectivity index (χ0) is 28.6. The van der Waals surface area contributed by atoms with Crippen molar-refractivity contribution in [3.63, 3.8) is 0 Å². The van der Waals surface area contributed by atoms with Gasteiger partial charge in [-0.1, -0.05) is 85.9 Å². The van der Waals surface area contributed by atoms with Crippen LogP contribution in [0.2, 0.25) is 0 Å². The van der Waals surface area contributed by atoms with Gasteiger partial charge in [0.2, 0.25) is 0 Å². The number of ketones is 2. The molecular formula is C34H39NO5. The Kier molecular flexibility index (Phi) is 15.0. The minimum absolute atomic E-state index is 0. The lowest BCUT2D eigenvalue weighted by molar-refractivity contribution is -0.132. The minimum Gasteiger partial charge on any atom is -0.431 e. The molecule has 0 saturated carbocycles. The lowest BCUT2D eigenvalue weighted by atomic mass is 9.85. The number of hydrogen-bond acceptors (Lipinski definition) is 5. The fourth-order valence-electron chi connectivity index (χ4n) is 3.90. The van der Waals surface area contributed by atoms with E-state index in [0.717, 1.165) is 16.7 Å². The molecule has 0 saturated heterocycles. The molecule has 1 aromatic rings. The number of allylic oxidation sites excluding steroid dienone is 14. The fraction of sp³-hybridized carbons (Fsp3) is 0.206. The minimum atomic E-state index is -0.733. The molecule has 2 unspecified atom stereocenters. The molecule has 0 bridgehead atoms. The normalized spacial score (nSPS) is 17.0. The Morgan fingerprint density at radius 3 is 2.33 bits per heavy atom. The van der Waals surface area contributed by atoms with Crippen LogP contribution in [0.25, 0.3) is 5.70 Å². The highest BCUT2D eigenvalue weighted by molar-refractivity contribution is 6.03. The summed E-state index contributed by atoms with van der Waals surface area (Å²) in [5.41, 5.74) is 3.73. The Morgan fingerprint density at radius 1 is 0.975 bits per heavy atom. The van der Waals surface area contributed by atoms with Crippen LogP contribution in [-0.2, 0) is 19.1 Å². The predicted octanol–water partition coefficient (Wildman–Crippen LogP) is 6.29. The van der Waals surface area contributed by atoms with Gasteiger partial charge < -0.3 is 15.5 Å². The fourth-order valence-corrected chi connectivity index (χ4v) is 3.90. The molecule has 6 nitrogen and oxygen atoms in total. The molecule has 0 radical (unpaired) electrons. The summed E-state index contributed by atoms with van der Waals surface area (Å²) in [6.45, 7) is 8.73. The maximum absolute atomic E-state index is 12.9. The van der Waals surface area contributed by atoms with Gasteiger partial charge in [-0.15, -0.1) is 0 Å². The summed E-state index contributed by atoms with van der Waals surface area (Å²) in [5, 5.41) is 3.26. The van der Waals surface area contributed by atoms with E-state index < -0.39 is 11.9 Å². The third-order valence-corrected chi connectivity index (χ3v) is 5.89. The molecule has 3 N–H and O–H groups in total. The van der Waals surface area contributed by atoms with Gasteiger partial charge in [-0.2, -0.15) is 0 Å². The molecule has 0 amide bonds. The van der Waals surface area contributed by atoms with Gasteiger partial charge in [0.15, 0.2) is 5.78 Å². The molecule has 0 aromatic heterocycles. The lowest BCUT2D eigenvalue weighted by Crippen LogP contribution is -2.20. The molecule has 40 heavy (non-hydrogen) atoms. The molecule has 0 fully saturated rings. The first-order valence-corrected chi connectivity index (χ1v) is 12.9. The molecule has 210 valence electrons. The monoisotopic (exact) mass is 541 g/mol. The van der Waals surface area contributed by atoms with Gasteiger partial charge >= 0.3 is 5.97 Å². The Hall–Kier alpha value is -4.55. The van der Waals surface area contributed by atoms with Crippen LogP contribution in [0.15, 0.2) is 132 Å². The molecule has 0 heterocycles. The summed E-state index contributed by atoms with van der Waals surface area (Å²) in [5.74, 6) is -1.16. The summed E-state index contributed by atoms with van der Waals surface area (Å²) in [7, 11) is 0. The largest absolute Gasteiger partial charge is 0.431 e. The van der Waals surface area contributed by atoms with Crippen molar-refractivity contribution < 1.29 is 24.6 Å². The maximum atomic E-state index is 12.9. The van der Waals surface area contributed by atoms with Crippen molar-refractivity contribution in [2.24, 2.45) is 11.8 Å².